The number of hydrogen-bond donors (Lipinski definition) is 1. The quantitative estimate of drug-likeness (QED) is 0.728. The standard InChI is InChI=1S/C22H28N4/c1-17-6-5-9-23-22(17)16-25(2)14-18-7-8-21-19(12-18)13-20(24-21)15-26-10-3-4-11-26/h5-9,12-13,24H,3-4,10-11,14-16H2,1-2H3. The molecule has 2 aromatic heterocycles. The van der Waals surface area contributed by atoms with E-state index in [1.807, 2.05) is 12.3 Å². The lowest BCUT2D eigenvalue weighted by molar-refractivity contribution is 0.314. The fourth-order valence-electron chi connectivity index (χ4n) is 3.91. The van der Waals surface area contributed by atoms with Gasteiger partial charge in [0, 0.05) is 42.4 Å². The molecule has 0 radical (unpaired) electrons. The van der Waals surface area contributed by atoms with Crippen LogP contribution in [0.3, 0.4) is 0 Å². The average molecular weight is 348 g/mol. The highest BCUT2D eigenvalue weighted by molar-refractivity contribution is 5.81. The summed E-state index contributed by atoms with van der Waals surface area (Å²) in [6.45, 7) is 7.44. The number of rotatable bonds is 6. The molecule has 1 N–H and O–H groups in total. The van der Waals surface area contributed by atoms with Gasteiger partial charge in [0.25, 0.3) is 0 Å². The van der Waals surface area contributed by atoms with E-state index in [0.717, 1.165) is 25.3 Å². The van der Waals surface area contributed by atoms with E-state index in [1.165, 1.54) is 53.7 Å². The third-order valence-electron chi connectivity index (χ3n) is 5.32. The number of H-pyrrole nitrogens is 1. The summed E-state index contributed by atoms with van der Waals surface area (Å²) in [6.07, 6.45) is 4.56. The van der Waals surface area contributed by atoms with Crippen molar-refractivity contribution >= 4 is 10.9 Å². The second-order valence-electron chi connectivity index (χ2n) is 7.64. The summed E-state index contributed by atoms with van der Waals surface area (Å²) in [4.78, 5) is 13.0. The smallest absolute Gasteiger partial charge is 0.0573 e. The van der Waals surface area contributed by atoms with Crippen LogP contribution in [0.25, 0.3) is 10.9 Å². The predicted molar refractivity (Wildman–Crippen MR) is 107 cm³/mol. The van der Waals surface area contributed by atoms with Crippen LogP contribution in [0.15, 0.2) is 42.6 Å². The van der Waals surface area contributed by atoms with Gasteiger partial charge in [0.05, 0.1) is 5.69 Å². The second-order valence-corrected chi connectivity index (χ2v) is 7.64. The van der Waals surface area contributed by atoms with E-state index in [-0.39, 0.29) is 0 Å². The molecule has 3 heterocycles. The van der Waals surface area contributed by atoms with Gasteiger partial charge in [-0.05, 0) is 75.3 Å². The van der Waals surface area contributed by atoms with Crippen molar-refractivity contribution in [1.29, 1.82) is 0 Å². The van der Waals surface area contributed by atoms with Gasteiger partial charge >= 0.3 is 0 Å². The molecule has 4 nitrogen and oxygen atoms in total. The summed E-state index contributed by atoms with van der Waals surface area (Å²) in [7, 11) is 2.16. The molecule has 0 unspecified atom stereocenters. The van der Waals surface area contributed by atoms with Crippen LogP contribution in [-0.2, 0) is 19.6 Å². The Morgan fingerprint density at radius 2 is 1.96 bits per heavy atom. The third-order valence-corrected chi connectivity index (χ3v) is 5.32. The van der Waals surface area contributed by atoms with Crippen LogP contribution >= 0.6 is 0 Å². The maximum Gasteiger partial charge on any atom is 0.0573 e. The lowest BCUT2D eigenvalue weighted by atomic mass is 10.1. The second kappa shape index (κ2) is 7.60. The molecule has 1 saturated heterocycles. The van der Waals surface area contributed by atoms with Crippen molar-refractivity contribution in [2.24, 2.45) is 0 Å². The number of nitrogens with zero attached hydrogens (tertiary/aromatic N) is 3. The molecule has 4 rings (SSSR count). The Kier molecular flexibility index (Phi) is 5.05. The van der Waals surface area contributed by atoms with Gasteiger partial charge < -0.3 is 4.98 Å². The monoisotopic (exact) mass is 348 g/mol. The summed E-state index contributed by atoms with van der Waals surface area (Å²) in [5, 5.41) is 1.32. The van der Waals surface area contributed by atoms with E-state index in [4.69, 9.17) is 0 Å². The lowest BCUT2D eigenvalue weighted by Crippen LogP contribution is -2.18. The topological polar surface area (TPSA) is 35.2 Å². The molecule has 1 aliphatic rings. The fourth-order valence-corrected chi connectivity index (χ4v) is 3.91. The number of pyridine rings is 1. The molecule has 0 bridgehead atoms. The van der Waals surface area contributed by atoms with Crippen LogP contribution in [-0.4, -0.2) is 39.9 Å². The van der Waals surface area contributed by atoms with Crippen LogP contribution in [0.2, 0.25) is 0 Å². The molecule has 4 heteroatoms. The predicted octanol–water partition coefficient (Wildman–Crippen LogP) is 4.10. The highest BCUT2D eigenvalue weighted by atomic mass is 15.1. The van der Waals surface area contributed by atoms with Gasteiger partial charge in [-0.1, -0.05) is 12.1 Å². The van der Waals surface area contributed by atoms with Crippen LogP contribution in [0.4, 0.5) is 0 Å². The van der Waals surface area contributed by atoms with Crippen molar-refractivity contribution in [2.45, 2.75) is 39.4 Å². The molecule has 3 aromatic rings. The number of nitrogens with one attached hydrogen (secondary N) is 1. The summed E-state index contributed by atoms with van der Waals surface area (Å²) >= 11 is 0. The first kappa shape index (κ1) is 17.3. The zero-order valence-electron chi connectivity index (χ0n) is 15.8. The van der Waals surface area contributed by atoms with Crippen LogP contribution in [0.5, 0.6) is 0 Å². The zero-order valence-corrected chi connectivity index (χ0v) is 15.8. The first-order chi connectivity index (χ1) is 12.7. The van der Waals surface area contributed by atoms with Crippen molar-refractivity contribution in [2.75, 3.05) is 20.1 Å². The molecule has 1 aliphatic heterocycles. The van der Waals surface area contributed by atoms with Gasteiger partial charge in [0.2, 0.25) is 0 Å². The molecular formula is C22H28N4. The van der Waals surface area contributed by atoms with E-state index in [2.05, 4.69) is 64.1 Å². The highest BCUT2D eigenvalue weighted by Gasteiger charge is 2.13. The Bertz CT molecular complexity index is 877. The Balaban J connectivity index is 1.44. The van der Waals surface area contributed by atoms with Gasteiger partial charge in [-0.3, -0.25) is 14.8 Å². The van der Waals surface area contributed by atoms with Gasteiger partial charge in [-0.15, -0.1) is 0 Å². The van der Waals surface area contributed by atoms with Gasteiger partial charge in [-0.25, -0.2) is 0 Å². The molecule has 0 atom stereocenters. The molecule has 1 fully saturated rings. The number of fused-ring (bicyclic) bond motifs is 1. The first-order valence-electron chi connectivity index (χ1n) is 9.59. The molecule has 0 saturated carbocycles. The first-order valence-corrected chi connectivity index (χ1v) is 9.59. The van der Waals surface area contributed by atoms with Gasteiger partial charge in [0.15, 0.2) is 0 Å². The Labute approximate surface area is 155 Å². The summed E-state index contributed by atoms with van der Waals surface area (Å²) in [5.74, 6) is 0. The summed E-state index contributed by atoms with van der Waals surface area (Å²) < 4.78 is 0. The molecular weight excluding hydrogens is 320 g/mol. The van der Waals surface area contributed by atoms with Crippen LogP contribution in [0, 0.1) is 6.92 Å². The van der Waals surface area contributed by atoms with Crippen molar-refractivity contribution < 1.29 is 0 Å². The molecule has 0 amide bonds. The minimum atomic E-state index is 0.873. The van der Waals surface area contributed by atoms with E-state index in [9.17, 15) is 0 Å². The van der Waals surface area contributed by atoms with E-state index in [1.54, 1.807) is 0 Å². The van der Waals surface area contributed by atoms with E-state index < -0.39 is 0 Å². The normalized spacial score (nSPS) is 15.3. The molecule has 136 valence electrons. The number of aromatic amines is 1. The Morgan fingerprint density at radius 3 is 2.77 bits per heavy atom. The maximum absolute atomic E-state index is 4.51. The van der Waals surface area contributed by atoms with E-state index >= 15 is 0 Å². The third kappa shape index (κ3) is 3.97. The van der Waals surface area contributed by atoms with Crippen LogP contribution < -0.4 is 0 Å². The minimum absolute atomic E-state index is 0.873. The minimum Gasteiger partial charge on any atom is -0.357 e. The maximum atomic E-state index is 4.51. The number of hydrogen-bond acceptors (Lipinski definition) is 3. The van der Waals surface area contributed by atoms with Crippen molar-refractivity contribution in [3.05, 3.63) is 65.1 Å². The number of aryl methyl sites for hydroxylation is 1. The van der Waals surface area contributed by atoms with Crippen molar-refractivity contribution in [3.63, 3.8) is 0 Å². The van der Waals surface area contributed by atoms with Gasteiger partial charge in [0.1, 0.15) is 0 Å². The average Bonchev–Trinajstić information content (AvgIpc) is 3.26. The molecule has 0 spiro atoms. The zero-order chi connectivity index (χ0) is 17.9. The molecule has 1 aromatic carbocycles. The number of benzene rings is 1. The Morgan fingerprint density at radius 1 is 1.12 bits per heavy atom. The van der Waals surface area contributed by atoms with E-state index in [0.29, 0.717) is 0 Å². The van der Waals surface area contributed by atoms with Crippen LogP contribution in [0.1, 0.15) is 35.4 Å². The fraction of sp³-hybridized carbons (Fsp3) is 0.409. The number of likely N-dealkylation sites (tertiary alicyclic amines) is 1. The van der Waals surface area contributed by atoms with Crippen molar-refractivity contribution in [3.8, 4) is 0 Å². The molecule has 0 aliphatic carbocycles. The number of aromatic nitrogens is 2. The SMILES string of the molecule is Cc1cccnc1CN(C)Cc1ccc2[nH]c(CN3CCCC3)cc2c1. The van der Waals surface area contributed by atoms with Crippen molar-refractivity contribution in [1.82, 2.24) is 19.8 Å². The van der Waals surface area contributed by atoms with Gasteiger partial charge in [-0.2, -0.15) is 0 Å². The highest BCUT2D eigenvalue weighted by Crippen LogP contribution is 2.21. The Hall–Kier alpha value is -2.17. The summed E-state index contributed by atoms with van der Waals surface area (Å²) in [6, 6.07) is 13.2. The molecule has 26 heavy (non-hydrogen) atoms. The lowest BCUT2D eigenvalue weighted by Gasteiger charge is -2.17. The summed E-state index contributed by atoms with van der Waals surface area (Å²) in [5.41, 5.74) is 6.33. The largest absolute Gasteiger partial charge is 0.357 e.